The van der Waals surface area contributed by atoms with E-state index in [0.717, 1.165) is 12.1 Å². The van der Waals surface area contributed by atoms with E-state index in [1.165, 1.54) is 6.07 Å². The Bertz CT molecular complexity index is 455. The standard InChI is InChI=1S/C14H17F2NO2/c15-12-2-1-10(9-13(12)16)14(19)5-8-17-6-3-11(18)4-7-17/h1-2,9,14,19H,3-8H2. The highest BCUT2D eigenvalue weighted by molar-refractivity contribution is 5.79. The molecule has 1 heterocycles. The maximum atomic E-state index is 13.0. The Kier molecular flexibility index (Phi) is 4.61. The van der Waals surface area contributed by atoms with E-state index in [0.29, 0.717) is 44.5 Å². The van der Waals surface area contributed by atoms with Crippen LogP contribution in [0.15, 0.2) is 18.2 Å². The van der Waals surface area contributed by atoms with Crippen molar-refractivity contribution in [2.24, 2.45) is 0 Å². The third-order valence-electron chi connectivity index (χ3n) is 3.46. The monoisotopic (exact) mass is 269 g/mol. The maximum Gasteiger partial charge on any atom is 0.159 e. The number of hydrogen-bond acceptors (Lipinski definition) is 3. The molecule has 19 heavy (non-hydrogen) atoms. The molecule has 1 aliphatic rings. The Hall–Kier alpha value is -1.33. The number of benzene rings is 1. The summed E-state index contributed by atoms with van der Waals surface area (Å²) in [4.78, 5) is 13.2. The molecule has 1 fully saturated rings. The fraction of sp³-hybridized carbons (Fsp3) is 0.500. The summed E-state index contributed by atoms with van der Waals surface area (Å²) in [7, 11) is 0. The second-order valence-electron chi connectivity index (χ2n) is 4.86. The number of aliphatic hydroxyl groups excluding tert-OH is 1. The van der Waals surface area contributed by atoms with Gasteiger partial charge in [0, 0.05) is 32.5 Å². The second-order valence-corrected chi connectivity index (χ2v) is 4.86. The topological polar surface area (TPSA) is 40.5 Å². The van der Waals surface area contributed by atoms with E-state index in [1.54, 1.807) is 0 Å². The van der Waals surface area contributed by atoms with Gasteiger partial charge in [-0.3, -0.25) is 4.79 Å². The number of hydrogen-bond donors (Lipinski definition) is 1. The van der Waals surface area contributed by atoms with Gasteiger partial charge in [-0.2, -0.15) is 0 Å². The van der Waals surface area contributed by atoms with Gasteiger partial charge >= 0.3 is 0 Å². The molecule has 1 aliphatic heterocycles. The van der Waals surface area contributed by atoms with E-state index >= 15 is 0 Å². The molecule has 1 saturated heterocycles. The molecular formula is C14H17F2NO2. The smallest absolute Gasteiger partial charge is 0.159 e. The van der Waals surface area contributed by atoms with E-state index in [1.807, 2.05) is 0 Å². The molecule has 0 radical (unpaired) electrons. The first-order valence-electron chi connectivity index (χ1n) is 6.43. The fourth-order valence-corrected chi connectivity index (χ4v) is 2.22. The van der Waals surface area contributed by atoms with Crippen LogP contribution in [0.4, 0.5) is 8.78 Å². The predicted molar refractivity (Wildman–Crippen MR) is 66.6 cm³/mol. The van der Waals surface area contributed by atoms with Crippen molar-refractivity contribution in [3.05, 3.63) is 35.4 Å². The average Bonchev–Trinajstić information content (AvgIpc) is 2.41. The highest BCUT2D eigenvalue weighted by Gasteiger charge is 2.17. The van der Waals surface area contributed by atoms with Gasteiger partial charge in [0.25, 0.3) is 0 Å². The number of carbonyl (C=O) groups excluding carboxylic acids is 1. The number of Topliss-reactive ketones (excluding diaryl/α,β-unsaturated/α-hetero) is 1. The molecule has 1 N–H and O–H groups in total. The fourth-order valence-electron chi connectivity index (χ4n) is 2.22. The quantitative estimate of drug-likeness (QED) is 0.909. The average molecular weight is 269 g/mol. The van der Waals surface area contributed by atoms with E-state index in [2.05, 4.69) is 4.90 Å². The van der Waals surface area contributed by atoms with Crippen LogP contribution in [0.3, 0.4) is 0 Å². The molecule has 0 aromatic heterocycles. The number of nitrogens with zero attached hydrogens (tertiary/aromatic N) is 1. The van der Waals surface area contributed by atoms with Crippen molar-refractivity contribution in [2.75, 3.05) is 19.6 Å². The van der Waals surface area contributed by atoms with Gasteiger partial charge in [-0.1, -0.05) is 6.07 Å². The summed E-state index contributed by atoms with van der Waals surface area (Å²) >= 11 is 0. The van der Waals surface area contributed by atoms with Crippen LogP contribution in [0.5, 0.6) is 0 Å². The third-order valence-corrected chi connectivity index (χ3v) is 3.46. The predicted octanol–water partition coefficient (Wildman–Crippen LogP) is 2.05. The first-order chi connectivity index (χ1) is 9.06. The van der Waals surface area contributed by atoms with Crippen LogP contribution in [0.1, 0.15) is 30.9 Å². The summed E-state index contributed by atoms with van der Waals surface area (Å²) in [5, 5.41) is 9.94. The summed E-state index contributed by atoms with van der Waals surface area (Å²) in [5.41, 5.74) is 0.381. The molecule has 3 nitrogen and oxygen atoms in total. The molecule has 1 aromatic carbocycles. The molecule has 0 spiro atoms. The molecule has 0 aliphatic carbocycles. The number of carbonyl (C=O) groups is 1. The van der Waals surface area contributed by atoms with Gasteiger partial charge in [0.1, 0.15) is 5.78 Å². The van der Waals surface area contributed by atoms with Crippen LogP contribution in [0, 0.1) is 11.6 Å². The van der Waals surface area contributed by atoms with Crippen molar-refractivity contribution in [3.8, 4) is 0 Å². The van der Waals surface area contributed by atoms with Gasteiger partial charge < -0.3 is 10.0 Å². The minimum Gasteiger partial charge on any atom is -0.388 e. The number of piperidine rings is 1. The Balaban J connectivity index is 1.85. The Morgan fingerprint density at radius 2 is 1.89 bits per heavy atom. The molecule has 0 saturated carbocycles. The zero-order valence-electron chi connectivity index (χ0n) is 10.6. The Morgan fingerprint density at radius 3 is 2.53 bits per heavy atom. The van der Waals surface area contributed by atoms with Crippen molar-refractivity contribution in [1.82, 2.24) is 4.90 Å². The maximum absolute atomic E-state index is 13.0. The molecule has 2 rings (SSSR count). The zero-order valence-corrected chi connectivity index (χ0v) is 10.6. The molecule has 0 bridgehead atoms. The summed E-state index contributed by atoms with van der Waals surface area (Å²) in [6, 6.07) is 3.44. The molecule has 1 aromatic rings. The molecule has 0 amide bonds. The molecule has 104 valence electrons. The normalized spacial score (nSPS) is 18.6. The highest BCUT2D eigenvalue weighted by Crippen LogP contribution is 2.20. The van der Waals surface area contributed by atoms with Crippen molar-refractivity contribution < 1.29 is 18.7 Å². The number of rotatable bonds is 4. The van der Waals surface area contributed by atoms with Gasteiger partial charge in [-0.15, -0.1) is 0 Å². The van der Waals surface area contributed by atoms with Gasteiger partial charge in [0.05, 0.1) is 6.10 Å². The minimum atomic E-state index is -0.944. The van der Waals surface area contributed by atoms with Crippen LogP contribution in [0.25, 0.3) is 0 Å². The van der Waals surface area contributed by atoms with E-state index in [4.69, 9.17) is 0 Å². The van der Waals surface area contributed by atoms with E-state index in [-0.39, 0.29) is 5.78 Å². The molecule has 5 heteroatoms. The summed E-state index contributed by atoms with van der Waals surface area (Å²) in [6.07, 6.45) is 0.745. The highest BCUT2D eigenvalue weighted by atomic mass is 19.2. The van der Waals surface area contributed by atoms with Crippen molar-refractivity contribution in [2.45, 2.75) is 25.4 Å². The molecule has 1 unspecified atom stereocenters. The van der Waals surface area contributed by atoms with Crippen LogP contribution in [-0.4, -0.2) is 35.4 Å². The van der Waals surface area contributed by atoms with Crippen LogP contribution >= 0.6 is 0 Å². The molecular weight excluding hydrogens is 252 g/mol. The van der Waals surface area contributed by atoms with Crippen LogP contribution in [-0.2, 0) is 4.79 Å². The van der Waals surface area contributed by atoms with E-state index < -0.39 is 17.7 Å². The number of likely N-dealkylation sites (tertiary alicyclic amines) is 1. The second kappa shape index (κ2) is 6.21. The minimum absolute atomic E-state index is 0.275. The number of ketones is 1. The number of halogens is 2. The third kappa shape index (κ3) is 3.81. The summed E-state index contributed by atoms with van der Waals surface area (Å²) < 4.78 is 25.8. The van der Waals surface area contributed by atoms with Crippen molar-refractivity contribution in [3.63, 3.8) is 0 Å². The SMILES string of the molecule is O=C1CCN(CCC(O)c2ccc(F)c(F)c2)CC1. The lowest BCUT2D eigenvalue weighted by molar-refractivity contribution is -0.121. The lowest BCUT2D eigenvalue weighted by atomic mass is 10.0. The first kappa shape index (κ1) is 14.1. The van der Waals surface area contributed by atoms with E-state index in [9.17, 15) is 18.7 Å². The number of aliphatic hydroxyl groups is 1. The van der Waals surface area contributed by atoms with Gasteiger partial charge in [0.2, 0.25) is 0 Å². The van der Waals surface area contributed by atoms with Crippen LogP contribution in [0.2, 0.25) is 0 Å². The van der Waals surface area contributed by atoms with Gasteiger partial charge in [0.15, 0.2) is 11.6 Å². The van der Waals surface area contributed by atoms with Gasteiger partial charge in [-0.05, 0) is 24.1 Å². The Morgan fingerprint density at radius 1 is 1.21 bits per heavy atom. The van der Waals surface area contributed by atoms with Crippen molar-refractivity contribution >= 4 is 5.78 Å². The summed E-state index contributed by atoms with van der Waals surface area (Å²) in [6.45, 7) is 2.07. The Labute approximate surface area is 110 Å². The first-order valence-corrected chi connectivity index (χ1v) is 6.43. The lowest BCUT2D eigenvalue weighted by Crippen LogP contribution is -2.35. The van der Waals surface area contributed by atoms with Crippen LogP contribution < -0.4 is 0 Å². The van der Waals surface area contributed by atoms with Gasteiger partial charge in [-0.25, -0.2) is 8.78 Å². The zero-order chi connectivity index (χ0) is 13.8. The summed E-state index contributed by atoms with van der Waals surface area (Å²) in [5.74, 6) is -1.58. The lowest BCUT2D eigenvalue weighted by Gasteiger charge is -2.26. The van der Waals surface area contributed by atoms with Crippen molar-refractivity contribution in [1.29, 1.82) is 0 Å². The largest absolute Gasteiger partial charge is 0.388 e. The molecule has 1 atom stereocenters.